The number of carbonyl (C=O) groups is 1. The molecule has 0 aromatic heterocycles. The Bertz CT molecular complexity index is 744. The zero-order valence-corrected chi connectivity index (χ0v) is 16.0. The molecule has 5 heteroatoms. The molecule has 144 valence electrons. The van der Waals surface area contributed by atoms with Gasteiger partial charge in [0.2, 0.25) is 5.91 Å². The third-order valence-electron chi connectivity index (χ3n) is 4.23. The molecule has 2 aromatic rings. The van der Waals surface area contributed by atoms with E-state index in [9.17, 15) is 9.18 Å². The summed E-state index contributed by atoms with van der Waals surface area (Å²) in [5.74, 6) is 0.456. The number of hydrogen-bond acceptors (Lipinski definition) is 3. The van der Waals surface area contributed by atoms with E-state index in [0.29, 0.717) is 6.54 Å². The van der Waals surface area contributed by atoms with Crippen LogP contribution in [-0.2, 0) is 11.2 Å². The molecule has 0 bridgehead atoms. The van der Waals surface area contributed by atoms with Crippen LogP contribution in [0.3, 0.4) is 0 Å². The molecule has 1 amide bonds. The van der Waals surface area contributed by atoms with E-state index >= 15 is 0 Å². The quantitative estimate of drug-likeness (QED) is 0.514. The van der Waals surface area contributed by atoms with Gasteiger partial charge in [-0.3, -0.25) is 4.79 Å². The fourth-order valence-electron chi connectivity index (χ4n) is 2.63. The summed E-state index contributed by atoms with van der Waals surface area (Å²) < 4.78 is 18.1. The Morgan fingerprint density at radius 1 is 1.19 bits per heavy atom. The van der Waals surface area contributed by atoms with Crippen LogP contribution in [0.2, 0.25) is 0 Å². The summed E-state index contributed by atoms with van der Waals surface area (Å²) in [6, 6.07) is 14.1. The van der Waals surface area contributed by atoms with Crippen LogP contribution in [0, 0.1) is 5.82 Å². The van der Waals surface area contributed by atoms with Crippen LogP contribution in [0.25, 0.3) is 6.08 Å². The lowest BCUT2D eigenvalue weighted by Crippen LogP contribution is -2.28. The van der Waals surface area contributed by atoms with Gasteiger partial charge in [0, 0.05) is 19.2 Å². The highest BCUT2D eigenvalue weighted by atomic mass is 19.1. The van der Waals surface area contributed by atoms with E-state index in [1.807, 2.05) is 12.1 Å². The first-order valence-electron chi connectivity index (χ1n) is 9.10. The van der Waals surface area contributed by atoms with Crippen LogP contribution in [-0.4, -0.2) is 44.6 Å². The molecule has 0 atom stereocenters. The van der Waals surface area contributed by atoms with Gasteiger partial charge in [0.25, 0.3) is 0 Å². The first kappa shape index (κ1) is 20.6. The number of rotatable bonds is 10. The van der Waals surface area contributed by atoms with Gasteiger partial charge in [0.15, 0.2) is 0 Å². The number of amides is 1. The van der Waals surface area contributed by atoms with E-state index in [1.165, 1.54) is 23.8 Å². The fourth-order valence-corrected chi connectivity index (χ4v) is 2.63. The monoisotopic (exact) mass is 370 g/mol. The van der Waals surface area contributed by atoms with Crippen molar-refractivity contribution in [3.63, 3.8) is 0 Å². The highest BCUT2D eigenvalue weighted by Crippen LogP contribution is 2.13. The summed E-state index contributed by atoms with van der Waals surface area (Å²) in [4.78, 5) is 14.1. The molecule has 0 aliphatic carbocycles. The molecule has 0 fully saturated rings. The van der Waals surface area contributed by atoms with Crippen molar-refractivity contribution in [3.05, 3.63) is 71.6 Å². The van der Waals surface area contributed by atoms with Gasteiger partial charge in [-0.2, -0.15) is 0 Å². The second-order valence-electron chi connectivity index (χ2n) is 6.43. The van der Waals surface area contributed by atoms with Gasteiger partial charge in [0.05, 0.1) is 7.11 Å². The van der Waals surface area contributed by atoms with Crippen LogP contribution in [0.5, 0.6) is 5.75 Å². The second-order valence-corrected chi connectivity index (χ2v) is 6.43. The number of likely N-dealkylation sites (N-methyl/N-ethyl adjacent to an activating group) is 1. The highest BCUT2D eigenvalue weighted by molar-refractivity contribution is 5.91. The third kappa shape index (κ3) is 8.05. The molecule has 4 nitrogen and oxygen atoms in total. The predicted molar refractivity (Wildman–Crippen MR) is 107 cm³/mol. The number of carbonyl (C=O) groups excluding carboxylic acids is 1. The van der Waals surface area contributed by atoms with Crippen molar-refractivity contribution in [2.24, 2.45) is 0 Å². The van der Waals surface area contributed by atoms with Crippen molar-refractivity contribution in [1.82, 2.24) is 10.2 Å². The normalized spacial score (nSPS) is 11.1. The SMILES string of the molecule is COc1cccc(CCN(C)CCCNC(=O)C=Cc2ccc(F)cc2)c1. The number of halogens is 1. The maximum absolute atomic E-state index is 12.8. The van der Waals surface area contributed by atoms with E-state index in [0.717, 1.165) is 37.2 Å². The Balaban J connectivity index is 1.61. The van der Waals surface area contributed by atoms with E-state index in [-0.39, 0.29) is 11.7 Å². The number of ether oxygens (including phenoxy) is 1. The summed E-state index contributed by atoms with van der Waals surface area (Å²) in [6.45, 7) is 2.48. The van der Waals surface area contributed by atoms with E-state index < -0.39 is 0 Å². The van der Waals surface area contributed by atoms with Crippen molar-refractivity contribution in [2.75, 3.05) is 33.8 Å². The van der Waals surface area contributed by atoms with E-state index in [1.54, 1.807) is 25.3 Å². The average Bonchev–Trinajstić information content (AvgIpc) is 2.69. The minimum Gasteiger partial charge on any atom is -0.497 e. The summed E-state index contributed by atoms with van der Waals surface area (Å²) in [6.07, 6.45) is 4.99. The molecule has 1 N–H and O–H groups in total. The molecule has 0 heterocycles. The van der Waals surface area contributed by atoms with Crippen molar-refractivity contribution in [2.45, 2.75) is 12.8 Å². The lowest BCUT2D eigenvalue weighted by atomic mass is 10.1. The Kier molecular flexibility index (Phi) is 8.52. The number of methoxy groups -OCH3 is 1. The van der Waals surface area contributed by atoms with Gasteiger partial charge >= 0.3 is 0 Å². The Morgan fingerprint density at radius 2 is 1.96 bits per heavy atom. The average molecular weight is 370 g/mol. The Hall–Kier alpha value is -2.66. The molecule has 0 aliphatic rings. The third-order valence-corrected chi connectivity index (χ3v) is 4.23. The van der Waals surface area contributed by atoms with Gasteiger partial charge < -0.3 is 15.0 Å². The molecule has 0 spiro atoms. The van der Waals surface area contributed by atoms with Gasteiger partial charge in [-0.15, -0.1) is 0 Å². The molecule has 2 rings (SSSR count). The van der Waals surface area contributed by atoms with Gasteiger partial charge in [-0.1, -0.05) is 24.3 Å². The van der Waals surface area contributed by atoms with Gasteiger partial charge in [-0.25, -0.2) is 4.39 Å². The minimum atomic E-state index is -0.285. The molecular weight excluding hydrogens is 343 g/mol. The molecule has 27 heavy (non-hydrogen) atoms. The van der Waals surface area contributed by atoms with Crippen molar-refractivity contribution < 1.29 is 13.9 Å². The summed E-state index contributed by atoms with van der Waals surface area (Å²) in [7, 11) is 3.75. The largest absolute Gasteiger partial charge is 0.497 e. The van der Waals surface area contributed by atoms with Crippen LogP contribution < -0.4 is 10.1 Å². The van der Waals surface area contributed by atoms with Crippen LogP contribution >= 0.6 is 0 Å². The summed E-state index contributed by atoms with van der Waals surface area (Å²) in [5.41, 5.74) is 2.05. The number of hydrogen-bond donors (Lipinski definition) is 1. The molecule has 0 aliphatic heterocycles. The van der Waals surface area contributed by atoms with Gasteiger partial charge in [0.1, 0.15) is 11.6 Å². The van der Waals surface area contributed by atoms with Crippen molar-refractivity contribution in [1.29, 1.82) is 0 Å². The second kappa shape index (κ2) is 11.1. The van der Waals surface area contributed by atoms with Crippen molar-refractivity contribution in [3.8, 4) is 5.75 Å². The molecular formula is C22H27FN2O2. The molecule has 0 saturated heterocycles. The van der Waals surface area contributed by atoms with E-state index in [4.69, 9.17) is 4.74 Å². The maximum Gasteiger partial charge on any atom is 0.243 e. The summed E-state index contributed by atoms with van der Waals surface area (Å²) in [5, 5.41) is 2.87. The number of nitrogens with one attached hydrogen (secondary N) is 1. The molecule has 0 saturated carbocycles. The lowest BCUT2D eigenvalue weighted by Gasteiger charge is -2.16. The molecule has 0 radical (unpaired) electrons. The fraction of sp³-hybridized carbons (Fsp3) is 0.318. The van der Waals surface area contributed by atoms with Crippen molar-refractivity contribution >= 4 is 12.0 Å². The molecule has 0 unspecified atom stereocenters. The first-order valence-corrected chi connectivity index (χ1v) is 9.10. The zero-order valence-electron chi connectivity index (χ0n) is 16.0. The highest BCUT2D eigenvalue weighted by Gasteiger charge is 2.02. The molecule has 2 aromatic carbocycles. The number of benzene rings is 2. The smallest absolute Gasteiger partial charge is 0.243 e. The standard InChI is InChI=1S/C22H27FN2O2/c1-25(16-13-19-5-3-6-21(17-19)27-2)15-4-14-24-22(26)12-9-18-7-10-20(23)11-8-18/h3,5-12,17H,4,13-16H2,1-2H3,(H,24,26). The summed E-state index contributed by atoms with van der Waals surface area (Å²) >= 11 is 0. The van der Waals surface area contributed by atoms with Crippen LogP contribution in [0.1, 0.15) is 17.5 Å². The zero-order chi connectivity index (χ0) is 19.5. The Morgan fingerprint density at radius 3 is 2.70 bits per heavy atom. The maximum atomic E-state index is 12.8. The number of nitrogens with zero attached hydrogens (tertiary/aromatic N) is 1. The van der Waals surface area contributed by atoms with E-state index in [2.05, 4.69) is 29.4 Å². The predicted octanol–water partition coefficient (Wildman–Crippen LogP) is 3.53. The van der Waals surface area contributed by atoms with Crippen LogP contribution in [0.4, 0.5) is 4.39 Å². The Labute approximate surface area is 160 Å². The lowest BCUT2D eigenvalue weighted by molar-refractivity contribution is -0.116. The minimum absolute atomic E-state index is 0.140. The van der Waals surface area contributed by atoms with Gasteiger partial charge in [-0.05, 0) is 67.9 Å². The first-order chi connectivity index (χ1) is 13.1. The van der Waals surface area contributed by atoms with Crippen LogP contribution in [0.15, 0.2) is 54.6 Å². The topological polar surface area (TPSA) is 41.6 Å².